The average Bonchev–Trinajstić information content (AvgIpc) is 1.62. The van der Waals surface area contributed by atoms with Crippen LogP contribution in [0.15, 0.2) is 66.3 Å². The maximum absolute atomic E-state index is 14.4. The summed E-state index contributed by atoms with van der Waals surface area (Å²) in [5, 5.41) is 21.0. The second kappa shape index (κ2) is 27.9. The molecule has 1 aromatic heterocycles. The number of carbonyl (C=O) groups excluding carboxylic acids is 6. The lowest BCUT2D eigenvalue weighted by atomic mass is 9.84. The summed E-state index contributed by atoms with van der Waals surface area (Å²) in [5.41, 5.74) is 4.49. The Bertz CT molecular complexity index is 2940. The number of epoxide rings is 1. The number of nitrogens with one attached hydrogen (secondary N) is 4. The number of aryl methyl sites for hydroxylation is 1. The molecule has 4 heterocycles. The Morgan fingerprint density at radius 2 is 1.75 bits per heavy atom. The molecule has 23 nitrogen and oxygen atoms in total. The van der Waals surface area contributed by atoms with E-state index in [0.29, 0.717) is 43.8 Å². The van der Waals surface area contributed by atoms with Crippen LogP contribution in [0.1, 0.15) is 83.9 Å². The molecule has 1 spiro atoms. The number of para-hydroxylation sites is 1. The number of alkyl carbamates (subject to hydrolysis) is 1. The molecule has 1 aliphatic carbocycles. The summed E-state index contributed by atoms with van der Waals surface area (Å²) >= 11 is 6.85. The quantitative estimate of drug-likeness (QED) is 0.0329. The van der Waals surface area contributed by atoms with Crippen LogP contribution >= 0.6 is 11.6 Å². The van der Waals surface area contributed by atoms with Crippen molar-refractivity contribution in [1.82, 2.24) is 35.9 Å². The van der Waals surface area contributed by atoms with Crippen molar-refractivity contribution >= 4 is 69.9 Å². The summed E-state index contributed by atoms with van der Waals surface area (Å²) in [4.78, 5) is 95.7. The number of nitrogens with zero attached hydrogens (tertiary/aromatic N) is 4. The summed E-state index contributed by atoms with van der Waals surface area (Å²) in [5.74, 6) is -3.75. The average molecular weight is 1180 g/mol. The molecule has 3 aromatic rings. The molecule has 4 aliphatic rings. The number of aromatic nitrogens is 1. The number of esters is 1. The minimum absolute atomic E-state index is 0.00542. The Hall–Kier alpha value is -6.60. The number of benzene rings is 2. The first-order chi connectivity index (χ1) is 39.5. The smallest absolute Gasteiger partial charge is 0.407 e. The van der Waals surface area contributed by atoms with Gasteiger partial charge in [0.1, 0.15) is 46.3 Å². The Labute approximate surface area is 489 Å². The second-order valence-corrected chi connectivity index (χ2v) is 22.5. The van der Waals surface area contributed by atoms with Crippen LogP contribution in [0.3, 0.4) is 0 Å². The minimum Gasteiger partial charge on any atom is -0.495 e. The van der Waals surface area contributed by atoms with Gasteiger partial charge in [0.15, 0.2) is 0 Å². The first-order valence-electron chi connectivity index (χ1n) is 28.0. The number of rotatable bonds is 25. The van der Waals surface area contributed by atoms with Crippen molar-refractivity contribution in [2.24, 2.45) is 5.92 Å². The number of likely N-dealkylation sites (N-methyl/N-ethyl adjacent to an activating group) is 1. The SMILES string of the molecule is CNN(C)Cc1cc2ccccc2n1CCC(=O)N[C@@H](CCC(=O)O)C(=O)NCCOCCOCCC(=O)N(C)[C@@H](C)C(=O)O[C@H]1CC(=O)N(C)c2cc(cc(OC)c2Cl)C/C(C)=C/C=C/[C@@]2(OC)C[C@@]23C[C@H](OC(=O)N3)[C@@H](C)C2O[C@]21C. The number of methoxy groups -OCH3 is 2. The number of carboxylic acids is 1. The van der Waals surface area contributed by atoms with Crippen LogP contribution < -0.4 is 31.0 Å². The van der Waals surface area contributed by atoms with E-state index in [1.54, 1.807) is 21.1 Å². The van der Waals surface area contributed by atoms with Gasteiger partial charge < -0.3 is 68.6 Å². The van der Waals surface area contributed by atoms with E-state index in [2.05, 4.69) is 32.0 Å². The molecule has 9 atom stereocenters. The van der Waals surface area contributed by atoms with Gasteiger partial charge in [-0.25, -0.2) is 14.6 Å². The molecule has 4 bridgehead atoms. The molecule has 83 heavy (non-hydrogen) atoms. The van der Waals surface area contributed by atoms with Gasteiger partial charge in [0.05, 0.1) is 70.3 Å². The van der Waals surface area contributed by atoms with Crippen molar-refractivity contribution in [1.29, 1.82) is 0 Å². The summed E-state index contributed by atoms with van der Waals surface area (Å²) in [6.07, 6.45) is 3.47. The van der Waals surface area contributed by atoms with Crippen molar-refractivity contribution in [2.75, 3.05) is 80.3 Å². The van der Waals surface area contributed by atoms with Crippen LogP contribution in [-0.2, 0) is 76.7 Å². The zero-order chi connectivity index (χ0) is 60.4. The molecule has 0 radical (unpaired) electrons. The fourth-order valence-corrected chi connectivity index (χ4v) is 11.4. The molecular formula is C59H81ClN8O15. The molecule has 2 saturated heterocycles. The highest BCUT2D eigenvalue weighted by molar-refractivity contribution is 6.35. The lowest BCUT2D eigenvalue weighted by Gasteiger charge is -2.36. The molecule has 1 saturated carbocycles. The number of halogens is 1. The minimum atomic E-state index is -1.22. The molecule has 3 fully saturated rings. The Balaban J connectivity index is 0.896. The fourth-order valence-electron chi connectivity index (χ4n) is 11.1. The van der Waals surface area contributed by atoms with E-state index in [-0.39, 0.29) is 70.1 Å². The number of ether oxygens (including phenoxy) is 7. The predicted molar refractivity (Wildman–Crippen MR) is 307 cm³/mol. The van der Waals surface area contributed by atoms with E-state index in [1.807, 2.05) is 87.6 Å². The largest absolute Gasteiger partial charge is 0.495 e. The van der Waals surface area contributed by atoms with E-state index >= 15 is 0 Å². The lowest BCUT2D eigenvalue weighted by Crippen LogP contribution is -2.54. The van der Waals surface area contributed by atoms with Gasteiger partial charge in [-0.05, 0) is 75.9 Å². The van der Waals surface area contributed by atoms with Gasteiger partial charge in [0, 0.05) is 84.2 Å². The molecule has 5 N–H and O–H groups in total. The first kappa shape index (κ1) is 64.0. The third-order valence-electron chi connectivity index (χ3n) is 16.5. The number of aliphatic carboxylic acids is 1. The number of hydrogen-bond acceptors (Lipinski definition) is 16. The van der Waals surface area contributed by atoms with Crippen LogP contribution in [0.25, 0.3) is 10.9 Å². The Morgan fingerprint density at radius 1 is 1.01 bits per heavy atom. The van der Waals surface area contributed by atoms with E-state index in [9.17, 15) is 38.7 Å². The van der Waals surface area contributed by atoms with Gasteiger partial charge >= 0.3 is 18.0 Å². The molecule has 1 unspecified atom stereocenters. The van der Waals surface area contributed by atoms with E-state index in [4.69, 9.17) is 44.8 Å². The van der Waals surface area contributed by atoms with Crippen LogP contribution in [0, 0.1) is 5.92 Å². The maximum atomic E-state index is 14.4. The van der Waals surface area contributed by atoms with Gasteiger partial charge in [-0.15, -0.1) is 0 Å². The highest BCUT2D eigenvalue weighted by Crippen LogP contribution is 2.58. The number of hydrogen-bond donors (Lipinski definition) is 5. The third-order valence-corrected chi connectivity index (χ3v) is 16.8. The number of amides is 5. The van der Waals surface area contributed by atoms with E-state index in [0.717, 1.165) is 27.7 Å². The van der Waals surface area contributed by atoms with Crippen LogP contribution in [-0.4, -0.2) is 184 Å². The molecule has 5 amide bonds. The van der Waals surface area contributed by atoms with Gasteiger partial charge in [-0.3, -0.25) is 29.4 Å². The Morgan fingerprint density at radius 3 is 2.46 bits per heavy atom. The van der Waals surface area contributed by atoms with Crippen molar-refractivity contribution < 1.29 is 71.8 Å². The summed E-state index contributed by atoms with van der Waals surface area (Å²) in [7, 11) is 9.88. The number of anilines is 1. The lowest BCUT2D eigenvalue weighted by molar-refractivity contribution is -0.162. The Kier molecular flexibility index (Phi) is 21.5. The summed E-state index contributed by atoms with van der Waals surface area (Å²) in [6.45, 7) is 8.43. The van der Waals surface area contributed by atoms with Crippen molar-refractivity contribution in [3.8, 4) is 5.75 Å². The molecule has 7 rings (SSSR count). The van der Waals surface area contributed by atoms with Crippen LogP contribution in [0.5, 0.6) is 5.75 Å². The van der Waals surface area contributed by atoms with Crippen molar-refractivity contribution in [3.05, 3.63) is 82.5 Å². The molecule has 24 heteroatoms. The number of allylic oxidation sites excluding steroid dienone is 3. The molecular weight excluding hydrogens is 1100 g/mol. The van der Waals surface area contributed by atoms with Crippen LogP contribution in [0.4, 0.5) is 10.5 Å². The molecule has 454 valence electrons. The summed E-state index contributed by atoms with van der Waals surface area (Å²) < 4.78 is 43.5. The van der Waals surface area contributed by atoms with Crippen molar-refractivity contribution in [3.63, 3.8) is 0 Å². The molecule has 2 aromatic carbocycles. The number of carbonyl (C=O) groups is 7. The monoisotopic (exact) mass is 1180 g/mol. The normalized spacial score (nSPS) is 25.8. The highest BCUT2D eigenvalue weighted by Gasteiger charge is 2.72. The standard InChI is InChI=1S/C59H81ClN8O15/c1-36-14-13-21-59(78-10)35-58(59)33-46(81-56(76)64-58)37(2)53-57(4,83-53)47(32-50(71)67(8)44-29-39(28-36)30-45(77-9)52(44)60)82-55(75)38(3)66(7)49(70)20-24-79-26-27-80-25-22-62-54(74)42(17-18-51(72)73)63-48(69)19-23-68-41(34-65(6)61-5)31-40-15-11-12-16-43(40)68/h11-16,21,29-31,37-38,42,46-47,53,61H,17-20,22-28,32-35H2,1-10H3,(H,62,74)(H,63,69)(H,64,76)(H,72,73)/b21-13+,36-14+/t37-,38+,42+,46+,47+,53?,57+,58+,59-/m1/s1. The number of fused-ring (bicyclic) bond motifs is 5. The van der Waals surface area contributed by atoms with Crippen molar-refractivity contribution in [2.45, 2.75) is 139 Å². The van der Waals surface area contributed by atoms with Gasteiger partial charge in [0.2, 0.25) is 23.6 Å². The van der Waals surface area contributed by atoms with Crippen LogP contribution in [0.2, 0.25) is 5.02 Å². The number of carboxylic acid groups (broad SMARTS) is 1. The predicted octanol–water partition coefficient (Wildman–Crippen LogP) is 4.84. The zero-order valence-electron chi connectivity index (χ0n) is 49.2. The van der Waals surface area contributed by atoms with E-state index < -0.39 is 94.7 Å². The molecule has 3 aliphatic heterocycles. The number of hydrazine groups is 1. The zero-order valence-corrected chi connectivity index (χ0v) is 49.9. The van der Waals surface area contributed by atoms with Gasteiger partial charge in [0.25, 0.3) is 0 Å². The van der Waals surface area contributed by atoms with Gasteiger partial charge in [-0.2, -0.15) is 0 Å². The first-order valence-corrected chi connectivity index (χ1v) is 28.4. The van der Waals surface area contributed by atoms with Gasteiger partial charge in [-0.1, -0.05) is 60.5 Å². The maximum Gasteiger partial charge on any atom is 0.407 e. The topological polar surface area (TPSA) is 270 Å². The third kappa shape index (κ3) is 15.4. The fraction of sp³-hybridized carbons (Fsp3) is 0.576. The summed E-state index contributed by atoms with van der Waals surface area (Å²) in [6, 6.07) is 11.4. The second-order valence-electron chi connectivity index (χ2n) is 22.1. The van der Waals surface area contributed by atoms with E-state index in [1.165, 1.54) is 30.9 Å². The highest BCUT2D eigenvalue weighted by atomic mass is 35.5.